The number of hydrogen-bond donors (Lipinski definition) is 1. The second-order valence-corrected chi connectivity index (χ2v) is 4.47. The predicted molar refractivity (Wildman–Crippen MR) is 78.9 cm³/mol. The molecule has 0 spiro atoms. The summed E-state index contributed by atoms with van der Waals surface area (Å²) in [5, 5.41) is 10.9. The summed E-state index contributed by atoms with van der Waals surface area (Å²) >= 11 is 0. The summed E-state index contributed by atoms with van der Waals surface area (Å²) in [4.78, 5) is 21.5. The van der Waals surface area contributed by atoms with Gasteiger partial charge in [0.15, 0.2) is 0 Å². The summed E-state index contributed by atoms with van der Waals surface area (Å²) in [7, 11) is 1.57. The van der Waals surface area contributed by atoms with Crippen molar-refractivity contribution in [3.8, 4) is 11.5 Å². The number of carbonyl (C=O) groups excluding carboxylic acids is 1. The molecular formula is C15H14N2O5. The van der Waals surface area contributed by atoms with E-state index in [1.54, 1.807) is 19.2 Å². The molecule has 0 aliphatic heterocycles. The maximum Gasteiger partial charge on any atom is 0.273 e. The minimum absolute atomic E-state index is 0.0268. The number of carbonyl (C=O) groups is 1. The first kappa shape index (κ1) is 15.3. The van der Waals surface area contributed by atoms with Gasteiger partial charge in [0.05, 0.1) is 18.1 Å². The molecule has 0 aliphatic carbocycles. The molecule has 0 fully saturated rings. The van der Waals surface area contributed by atoms with Gasteiger partial charge in [0.1, 0.15) is 18.1 Å². The monoisotopic (exact) mass is 302 g/mol. The van der Waals surface area contributed by atoms with Gasteiger partial charge in [0.25, 0.3) is 5.69 Å². The quantitative estimate of drug-likeness (QED) is 0.651. The number of rotatable bonds is 6. The summed E-state index contributed by atoms with van der Waals surface area (Å²) in [6, 6.07) is 10.9. The molecule has 1 amide bonds. The van der Waals surface area contributed by atoms with Gasteiger partial charge >= 0.3 is 0 Å². The molecule has 7 nitrogen and oxygen atoms in total. The number of nitrogens with zero attached hydrogens (tertiary/aromatic N) is 1. The van der Waals surface area contributed by atoms with Gasteiger partial charge in [0, 0.05) is 11.6 Å². The molecule has 0 heterocycles. The van der Waals surface area contributed by atoms with Crippen LogP contribution in [0.4, 0.5) is 5.69 Å². The zero-order valence-corrected chi connectivity index (χ0v) is 11.8. The van der Waals surface area contributed by atoms with Crippen LogP contribution >= 0.6 is 0 Å². The van der Waals surface area contributed by atoms with E-state index in [1.807, 2.05) is 12.1 Å². The van der Waals surface area contributed by atoms with E-state index >= 15 is 0 Å². The van der Waals surface area contributed by atoms with Gasteiger partial charge in [0.2, 0.25) is 5.91 Å². The zero-order valence-electron chi connectivity index (χ0n) is 11.8. The third-order valence-electron chi connectivity index (χ3n) is 2.95. The molecule has 0 saturated heterocycles. The molecule has 0 unspecified atom stereocenters. The number of ether oxygens (including phenoxy) is 2. The number of benzene rings is 2. The number of hydrogen-bond acceptors (Lipinski definition) is 5. The summed E-state index contributed by atoms with van der Waals surface area (Å²) in [5.41, 5.74) is 5.79. The largest absolute Gasteiger partial charge is 0.497 e. The predicted octanol–water partition coefficient (Wildman–Crippen LogP) is 2.28. The third kappa shape index (κ3) is 3.72. The van der Waals surface area contributed by atoms with Crippen LogP contribution in [-0.4, -0.2) is 17.9 Å². The molecule has 2 rings (SSSR count). The van der Waals surface area contributed by atoms with E-state index in [9.17, 15) is 14.9 Å². The Morgan fingerprint density at radius 1 is 1.18 bits per heavy atom. The van der Waals surface area contributed by atoms with Gasteiger partial charge in [-0.1, -0.05) is 12.1 Å². The van der Waals surface area contributed by atoms with Gasteiger partial charge in [-0.25, -0.2) is 0 Å². The van der Waals surface area contributed by atoms with Crippen LogP contribution in [-0.2, 0) is 6.61 Å². The molecule has 0 bridgehead atoms. The van der Waals surface area contributed by atoms with E-state index in [0.717, 1.165) is 17.4 Å². The normalized spacial score (nSPS) is 10.0. The molecule has 0 saturated carbocycles. The van der Waals surface area contributed by atoms with Crippen molar-refractivity contribution in [1.29, 1.82) is 0 Å². The highest BCUT2D eigenvalue weighted by Crippen LogP contribution is 2.23. The molecule has 2 aromatic carbocycles. The van der Waals surface area contributed by atoms with Crippen LogP contribution in [0, 0.1) is 10.1 Å². The first-order valence-corrected chi connectivity index (χ1v) is 6.34. The average molecular weight is 302 g/mol. The Morgan fingerprint density at radius 3 is 2.41 bits per heavy atom. The molecule has 0 atom stereocenters. The fourth-order valence-electron chi connectivity index (χ4n) is 1.80. The molecule has 0 radical (unpaired) electrons. The molecule has 22 heavy (non-hydrogen) atoms. The van der Waals surface area contributed by atoms with E-state index < -0.39 is 10.8 Å². The number of non-ortho nitro benzene ring substituents is 1. The Hall–Kier alpha value is -3.09. The fraction of sp³-hybridized carbons (Fsp3) is 0.133. The lowest BCUT2D eigenvalue weighted by molar-refractivity contribution is -0.385. The summed E-state index contributed by atoms with van der Waals surface area (Å²) in [6.07, 6.45) is 0. The Morgan fingerprint density at radius 2 is 1.86 bits per heavy atom. The number of primary amides is 1. The highest BCUT2D eigenvalue weighted by Gasteiger charge is 2.13. The van der Waals surface area contributed by atoms with E-state index in [4.69, 9.17) is 15.2 Å². The molecule has 0 aliphatic rings. The van der Waals surface area contributed by atoms with Crippen molar-refractivity contribution < 1.29 is 19.2 Å². The van der Waals surface area contributed by atoms with Crippen molar-refractivity contribution >= 4 is 11.6 Å². The third-order valence-corrected chi connectivity index (χ3v) is 2.95. The second kappa shape index (κ2) is 6.57. The van der Waals surface area contributed by atoms with Crippen molar-refractivity contribution in [3.05, 3.63) is 63.7 Å². The molecule has 114 valence electrons. The lowest BCUT2D eigenvalue weighted by Gasteiger charge is -2.08. The molecular weight excluding hydrogens is 288 g/mol. The van der Waals surface area contributed by atoms with Gasteiger partial charge in [-0.05, 0) is 23.8 Å². The van der Waals surface area contributed by atoms with E-state index in [-0.39, 0.29) is 23.6 Å². The van der Waals surface area contributed by atoms with Crippen molar-refractivity contribution in [1.82, 2.24) is 0 Å². The summed E-state index contributed by atoms with van der Waals surface area (Å²) < 4.78 is 10.5. The van der Waals surface area contributed by atoms with Crippen molar-refractivity contribution in [2.24, 2.45) is 5.73 Å². The second-order valence-electron chi connectivity index (χ2n) is 4.47. The SMILES string of the molecule is COc1ccc(COc2cc(C(N)=O)cc([N+](=O)[O-])c2)cc1. The number of amides is 1. The number of methoxy groups -OCH3 is 1. The lowest BCUT2D eigenvalue weighted by Crippen LogP contribution is -2.11. The maximum atomic E-state index is 11.2. The fourth-order valence-corrected chi connectivity index (χ4v) is 1.80. The highest BCUT2D eigenvalue weighted by molar-refractivity contribution is 5.93. The van der Waals surface area contributed by atoms with E-state index in [0.29, 0.717) is 0 Å². The lowest BCUT2D eigenvalue weighted by atomic mass is 10.2. The van der Waals surface area contributed by atoms with Gasteiger partial charge in [-0.15, -0.1) is 0 Å². The minimum atomic E-state index is -0.752. The average Bonchev–Trinajstić information content (AvgIpc) is 2.53. The van der Waals surface area contributed by atoms with E-state index in [2.05, 4.69) is 0 Å². The summed E-state index contributed by atoms with van der Waals surface area (Å²) in [5.74, 6) is 0.173. The van der Waals surface area contributed by atoms with E-state index in [1.165, 1.54) is 12.1 Å². The van der Waals surface area contributed by atoms with Crippen LogP contribution in [0.2, 0.25) is 0 Å². The van der Waals surface area contributed by atoms with Crippen molar-refractivity contribution in [2.75, 3.05) is 7.11 Å². The topological polar surface area (TPSA) is 105 Å². The zero-order chi connectivity index (χ0) is 16.1. The Bertz CT molecular complexity index is 665. The van der Waals surface area contributed by atoms with Crippen LogP contribution < -0.4 is 15.2 Å². The van der Waals surface area contributed by atoms with Crippen LogP contribution in [0.3, 0.4) is 0 Å². The minimum Gasteiger partial charge on any atom is -0.497 e. The summed E-state index contributed by atoms with van der Waals surface area (Å²) in [6.45, 7) is 0.198. The Balaban J connectivity index is 2.17. The Kier molecular flexibility index (Phi) is 4.57. The van der Waals surface area contributed by atoms with Crippen molar-refractivity contribution in [3.63, 3.8) is 0 Å². The standard InChI is InChI=1S/C15H14N2O5/c1-21-13-4-2-10(3-5-13)9-22-14-7-11(15(16)18)6-12(8-14)17(19)20/h2-8H,9H2,1H3,(H2,16,18). The van der Waals surface area contributed by atoms with Crippen LogP contribution in [0.15, 0.2) is 42.5 Å². The highest BCUT2D eigenvalue weighted by atomic mass is 16.6. The molecule has 7 heteroatoms. The van der Waals surface area contributed by atoms with Crippen molar-refractivity contribution in [2.45, 2.75) is 6.61 Å². The van der Waals surface area contributed by atoms with Gasteiger partial charge < -0.3 is 15.2 Å². The molecule has 2 aromatic rings. The molecule has 0 aromatic heterocycles. The van der Waals surface area contributed by atoms with Crippen LogP contribution in [0.1, 0.15) is 15.9 Å². The Labute approximate surface area is 126 Å². The van der Waals surface area contributed by atoms with Crippen LogP contribution in [0.5, 0.6) is 11.5 Å². The van der Waals surface area contributed by atoms with Crippen LogP contribution in [0.25, 0.3) is 0 Å². The number of nitrogens with two attached hydrogens (primary N) is 1. The number of nitro groups is 1. The first-order valence-electron chi connectivity index (χ1n) is 6.34. The first-order chi connectivity index (χ1) is 10.5. The smallest absolute Gasteiger partial charge is 0.273 e. The molecule has 2 N–H and O–H groups in total. The van der Waals surface area contributed by atoms with Gasteiger partial charge in [-0.3, -0.25) is 14.9 Å². The van der Waals surface area contributed by atoms with Gasteiger partial charge in [-0.2, -0.15) is 0 Å². The maximum absolute atomic E-state index is 11.2. The number of nitro benzene ring substituents is 1.